The third-order valence-electron chi connectivity index (χ3n) is 4.57. The summed E-state index contributed by atoms with van der Waals surface area (Å²) in [6.07, 6.45) is 3.30. The predicted molar refractivity (Wildman–Crippen MR) is 101 cm³/mol. The lowest BCUT2D eigenvalue weighted by molar-refractivity contribution is 0.590. The molecule has 0 saturated heterocycles. The third-order valence-corrected chi connectivity index (χ3v) is 5.08. The van der Waals surface area contributed by atoms with Crippen LogP contribution in [-0.4, -0.2) is 0 Å². The van der Waals surface area contributed by atoms with Crippen molar-refractivity contribution in [2.24, 2.45) is 0 Å². The molecule has 1 aliphatic carbocycles. The molecule has 0 saturated carbocycles. The Morgan fingerprint density at radius 1 is 0.955 bits per heavy atom. The number of rotatable bonds is 1. The lowest BCUT2D eigenvalue weighted by atomic mass is 9.83. The Morgan fingerprint density at radius 3 is 2.32 bits per heavy atom. The van der Waals surface area contributed by atoms with Gasteiger partial charge in [0.1, 0.15) is 0 Å². The summed E-state index contributed by atoms with van der Waals surface area (Å²) in [5.74, 6) is 0. The van der Waals surface area contributed by atoms with Crippen molar-refractivity contribution in [3.63, 3.8) is 0 Å². The highest BCUT2D eigenvalue weighted by Gasteiger charge is 2.20. The average molecular weight is 355 g/mol. The fraction of sp³-hybridized carbons (Fsp3) is 0.333. The summed E-state index contributed by atoms with van der Waals surface area (Å²) in [7, 11) is 0. The molecule has 114 valence electrons. The monoisotopic (exact) mass is 354 g/mol. The quantitative estimate of drug-likeness (QED) is 0.543. The van der Waals surface area contributed by atoms with Crippen LogP contribution in [0.5, 0.6) is 0 Å². The van der Waals surface area contributed by atoms with Crippen molar-refractivity contribution < 1.29 is 0 Å². The van der Waals surface area contributed by atoms with Gasteiger partial charge in [-0.1, -0.05) is 67.0 Å². The summed E-state index contributed by atoms with van der Waals surface area (Å²) in [5, 5.41) is 0. The number of halogens is 1. The Hall–Kier alpha value is -1.34. The van der Waals surface area contributed by atoms with Crippen LogP contribution in [0.15, 0.2) is 34.8 Å². The molecule has 0 spiro atoms. The van der Waals surface area contributed by atoms with Crippen LogP contribution in [0.4, 0.5) is 0 Å². The first-order valence-corrected chi connectivity index (χ1v) is 8.67. The molecule has 0 amide bonds. The van der Waals surface area contributed by atoms with E-state index in [1.165, 1.54) is 43.4 Å². The highest BCUT2D eigenvalue weighted by atomic mass is 79.9. The number of hydrogen-bond acceptors (Lipinski definition) is 0. The first-order valence-electron chi connectivity index (χ1n) is 7.87. The molecular formula is C21H23Br. The third kappa shape index (κ3) is 2.67. The molecule has 0 heterocycles. The lowest BCUT2D eigenvalue weighted by Crippen LogP contribution is -2.11. The number of allylic oxidation sites excluding steroid dienone is 1. The van der Waals surface area contributed by atoms with Crippen molar-refractivity contribution in [3.05, 3.63) is 62.6 Å². The normalized spacial score (nSPS) is 14.0. The Kier molecular flexibility index (Phi) is 3.81. The van der Waals surface area contributed by atoms with E-state index < -0.39 is 0 Å². The summed E-state index contributed by atoms with van der Waals surface area (Å²) < 4.78 is 1.28. The molecule has 0 bridgehead atoms. The van der Waals surface area contributed by atoms with Gasteiger partial charge in [-0.2, -0.15) is 0 Å². The first kappa shape index (κ1) is 15.6. The summed E-state index contributed by atoms with van der Waals surface area (Å²) in [4.78, 5) is 0. The number of fused-ring (bicyclic) bond motifs is 1. The molecule has 0 atom stereocenters. The van der Waals surface area contributed by atoms with Crippen LogP contribution in [0.2, 0.25) is 0 Å². The van der Waals surface area contributed by atoms with Gasteiger partial charge in [0.15, 0.2) is 0 Å². The topological polar surface area (TPSA) is 0 Å². The van der Waals surface area contributed by atoms with E-state index in [0.29, 0.717) is 0 Å². The van der Waals surface area contributed by atoms with Crippen molar-refractivity contribution in [1.29, 1.82) is 0 Å². The Morgan fingerprint density at radius 2 is 1.68 bits per heavy atom. The SMILES string of the molecule is Cc1cc(C(C)(C)C)ccc1-c1c(C)ccc2c1C=C(Br)C2. The summed E-state index contributed by atoms with van der Waals surface area (Å²) in [6, 6.07) is 11.5. The van der Waals surface area contributed by atoms with Gasteiger partial charge >= 0.3 is 0 Å². The van der Waals surface area contributed by atoms with E-state index >= 15 is 0 Å². The zero-order valence-electron chi connectivity index (χ0n) is 14.0. The number of hydrogen-bond donors (Lipinski definition) is 0. The van der Waals surface area contributed by atoms with Gasteiger partial charge < -0.3 is 0 Å². The number of benzene rings is 2. The van der Waals surface area contributed by atoms with Crippen LogP contribution in [0.3, 0.4) is 0 Å². The molecule has 0 radical (unpaired) electrons. The second-order valence-electron chi connectivity index (χ2n) is 7.38. The van der Waals surface area contributed by atoms with Crippen molar-refractivity contribution in [2.75, 3.05) is 0 Å². The molecule has 0 nitrogen and oxygen atoms in total. The summed E-state index contributed by atoms with van der Waals surface area (Å²) >= 11 is 3.67. The minimum absolute atomic E-state index is 0.194. The van der Waals surface area contributed by atoms with Crippen LogP contribution in [0.25, 0.3) is 17.2 Å². The molecule has 0 N–H and O–H groups in total. The highest BCUT2D eigenvalue weighted by molar-refractivity contribution is 9.11. The molecule has 0 aliphatic heterocycles. The zero-order chi connectivity index (χ0) is 16.1. The van der Waals surface area contributed by atoms with E-state index in [9.17, 15) is 0 Å². The van der Waals surface area contributed by atoms with Crippen molar-refractivity contribution in [2.45, 2.75) is 46.5 Å². The molecule has 0 aromatic heterocycles. The van der Waals surface area contributed by atoms with Crippen LogP contribution in [-0.2, 0) is 11.8 Å². The van der Waals surface area contributed by atoms with Gasteiger partial charge in [-0.05, 0) is 64.3 Å². The Balaban J connectivity index is 2.20. The Labute approximate surface area is 142 Å². The van der Waals surface area contributed by atoms with E-state index in [1.54, 1.807) is 0 Å². The molecule has 3 rings (SSSR count). The molecule has 2 aromatic rings. The van der Waals surface area contributed by atoms with Gasteiger partial charge in [-0.15, -0.1) is 0 Å². The maximum absolute atomic E-state index is 3.67. The van der Waals surface area contributed by atoms with E-state index in [0.717, 1.165) is 6.42 Å². The van der Waals surface area contributed by atoms with Crippen LogP contribution < -0.4 is 0 Å². The van der Waals surface area contributed by atoms with Crippen molar-refractivity contribution >= 4 is 22.0 Å². The fourth-order valence-corrected chi connectivity index (χ4v) is 3.78. The molecule has 0 unspecified atom stereocenters. The van der Waals surface area contributed by atoms with Crippen LogP contribution in [0, 0.1) is 13.8 Å². The van der Waals surface area contributed by atoms with Gasteiger partial charge in [-0.25, -0.2) is 0 Å². The molecule has 2 aromatic carbocycles. The smallest absolute Gasteiger partial charge is 0.00470 e. The molecule has 1 aliphatic rings. The maximum Gasteiger partial charge on any atom is 0.00470 e. The van der Waals surface area contributed by atoms with Crippen molar-refractivity contribution in [1.82, 2.24) is 0 Å². The maximum atomic E-state index is 3.67. The Bertz CT molecular complexity index is 773. The molecule has 1 heteroatoms. The van der Waals surface area contributed by atoms with E-state index in [4.69, 9.17) is 0 Å². The minimum atomic E-state index is 0.194. The van der Waals surface area contributed by atoms with E-state index in [-0.39, 0.29) is 5.41 Å². The zero-order valence-corrected chi connectivity index (χ0v) is 15.6. The highest BCUT2D eigenvalue weighted by Crippen LogP contribution is 2.39. The van der Waals surface area contributed by atoms with E-state index in [1.807, 2.05) is 0 Å². The molecule has 22 heavy (non-hydrogen) atoms. The van der Waals surface area contributed by atoms with Gasteiger partial charge in [-0.3, -0.25) is 0 Å². The lowest BCUT2D eigenvalue weighted by Gasteiger charge is -2.22. The van der Waals surface area contributed by atoms with Crippen LogP contribution >= 0.6 is 15.9 Å². The predicted octanol–water partition coefficient (Wildman–Crippen LogP) is 6.56. The van der Waals surface area contributed by atoms with Gasteiger partial charge in [0.2, 0.25) is 0 Å². The van der Waals surface area contributed by atoms with Gasteiger partial charge in [0.25, 0.3) is 0 Å². The van der Waals surface area contributed by atoms with Gasteiger partial charge in [0, 0.05) is 10.9 Å². The minimum Gasteiger partial charge on any atom is -0.0584 e. The first-order chi connectivity index (χ1) is 10.3. The molecule has 0 fully saturated rings. The van der Waals surface area contributed by atoms with Crippen molar-refractivity contribution in [3.8, 4) is 11.1 Å². The molecular weight excluding hydrogens is 332 g/mol. The largest absolute Gasteiger partial charge is 0.0584 e. The average Bonchev–Trinajstić information content (AvgIpc) is 2.79. The van der Waals surface area contributed by atoms with E-state index in [2.05, 4.69) is 87.0 Å². The van der Waals surface area contributed by atoms with Gasteiger partial charge in [0.05, 0.1) is 0 Å². The standard InChI is InChI=1S/C21H23Br/c1-13-6-7-15-11-17(22)12-19(15)20(13)18-9-8-16(10-14(18)2)21(3,4)5/h6-10,12H,11H2,1-5H3. The second kappa shape index (κ2) is 5.38. The summed E-state index contributed by atoms with van der Waals surface area (Å²) in [6.45, 7) is 11.3. The number of aryl methyl sites for hydroxylation is 2. The fourth-order valence-electron chi connectivity index (χ4n) is 3.25. The second-order valence-corrected chi connectivity index (χ2v) is 8.40. The van der Waals surface area contributed by atoms with Crippen LogP contribution in [0.1, 0.15) is 48.6 Å². The summed E-state index contributed by atoms with van der Waals surface area (Å²) in [5.41, 5.74) is 9.87.